The van der Waals surface area contributed by atoms with E-state index in [0.29, 0.717) is 10.6 Å². The van der Waals surface area contributed by atoms with Gasteiger partial charge in [0.15, 0.2) is 5.78 Å². The van der Waals surface area contributed by atoms with Crippen molar-refractivity contribution in [3.63, 3.8) is 0 Å². The molecule has 1 aliphatic rings. The predicted octanol–water partition coefficient (Wildman–Crippen LogP) is 6.30. The summed E-state index contributed by atoms with van der Waals surface area (Å²) in [5.74, 6) is -0.246. The number of carbonyl (C=O) groups excluding carboxylic acids is 1. The third kappa shape index (κ3) is 3.49. The first kappa shape index (κ1) is 20.6. The second-order valence-electron chi connectivity index (χ2n) is 8.38. The third-order valence-electron chi connectivity index (χ3n) is 5.29. The minimum atomic E-state index is -1.02. The van der Waals surface area contributed by atoms with Gasteiger partial charge in [-0.05, 0) is 75.4 Å². The van der Waals surface area contributed by atoms with Crippen LogP contribution < -0.4 is 0 Å². The average molecular weight is 399 g/mol. The van der Waals surface area contributed by atoms with Gasteiger partial charge in [-0.1, -0.05) is 42.8 Å². The molecule has 0 saturated heterocycles. The van der Waals surface area contributed by atoms with Crippen LogP contribution in [-0.4, -0.2) is 22.1 Å². The Morgan fingerprint density at radius 3 is 2.29 bits per heavy atom. The van der Waals surface area contributed by atoms with Crippen molar-refractivity contribution >= 4 is 23.0 Å². The molecule has 1 heterocycles. The van der Waals surface area contributed by atoms with Crippen molar-refractivity contribution in [3.8, 4) is 11.1 Å². The minimum absolute atomic E-state index is 0.0290. The molecule has 3 rings (SSSR count). The van der Waals surface area contributed by atoms with Crippen LogP contribution in [0.3, 0.4) is 0 Å². The van der Waals surface area contributed by atoms with E-state index in [4.69, 9.17) is 16.3 Å². The predicted molar refractivity (Wildman–Crippen MR) is 115 cm³/mol. The number of aliphatic hydroxyl groups is 1. The fourth-order valence-corrected chi connectivity index (χ4v) is 4.18. The van der Waals surface area contributed by atoms with Crippen LogP contribution in [0.5, 0.6) is 0 Å². The van der Waals surface area contributed by atoms with E-state index in [0.717, 1.165) is 34.2 Å². The quantitative estimate of drug-likeness (QED) is 0.659. The summed E-state index contributed by atoms with van der Waals surface area (Å²) in [6, 6.07) is 11.9. The maximum Gasteiger partial charge on any atom is 0.198 e. The molecule has 0 fully saturated rings. The van der Waals surface area contributed by atoms with Gasteiger partial charge in [-0.15, -0.1) is 0 Å². The molecule has 0 radical (unpaired) electrons. The summed E-state index contributed by atoms with van der Waals surface area (Å²) in [4.78, 5) is 13.2. The van der Waals surface area contributed by atoms with Crippen molar-refractivity contribution in [2.24, 2.45) is 0 Å². The van der Waals surface area contributed by atoms with Crippen LogP contribution in [0.4, 0.5) is 0 Å². The Kier molecular flexibility index (Phi) is 5.20. The van der Waals surface area contributed by atoms with Gasteiger partial charge < -0.3 is 9.84 Å². The molecule has 2 aromatic carbocycles. The van der Waals surface area contributed by atoms with Crippen molar-refractivity contribution in [3.05, 3.63) is 63.9 Å². The zero-order valence-electron chi connectivity index (χ0n) is 17.3. The highest BCUT2D eigenvalue weighted by molar-refractivity contribution is 6.33. The molecule has 1 aliphatic heterocycles. The summed E-state index contributed by atoms with van der Waals surface area (Å²) in [6.45, 7) is 11.1. The molecule has 1 N–H and O–H groups in total. The molecule has 0 aliphatic carbocycles. The molecule has 4 heteroatoms. The normalized spacial score (nSPS) is 18.5. The van der Waals surface area contributed by atoms with E-state index in [9.17, 15) is 9.90 Å². The molecule has 3 nitrogen and oxygen atoms in total. The highest BCUT2D eigenvalue weighted by atomic mass is 35.5. The van der Waals surface area contributed by atoms with Gasteiger partial charge in [-0.2, -0.15) is 0 Å². The first-order valence-electron chi connectivity index (χ1n) is 9.56. The molecular weight excluding hydrogens is 372 g/mol. The van der Waals surface area contributed by atoms with Crippen LogP contribution in [0, 0.1) is 6.92 Å². The Labute approximate surface area is 172 Å². The Morgan fingerprint density at radius 1 is 1.00 bits per heavy atom. The molecule has 0 amide bonds. The van der Waals surface area contributed by atoms with Crippen molar-refractivity contribution in [1.29, 1.82) is 0 Å². The van der Waals surface area contributed by atoms with E-state index in [1.54, 1.807) is 27.7 Å². The molecular formula is C24H27ClO3. The van der Waals surface area contributed by atoms with Crippen LogP contribution >= 0.6 is 11.6 Å². The smallest absolute Gasteiger partial charge is 0.198 e. The summed E-state index contributed by atoms with van der Waals surface area (Å²) in [5.41, 5.74) is 2.99. The SMILES string of the molecule is CCc1ccc(-c2ccc(C)cc2Cl)cc1C1=C(O)C(C)(C)OC(C)(C)C1=O. The maximum absolute atomic E-state index is 13.2. The number of aryl methyl sites for hydroxylation is 2. The second-order valence-corrected chi connectivity index (χ2v) is 8.79. The number of aliphatic hydroxyl groups excluding tert-OH is 1. The molecule has 0 unspecified atom stereocenters. The highest BCUT2D eigenvalue weighted by Crippen LogP contribution is 2.42. The highest BCUT2D eigenvalue weighted by Gasteiger charge is 2.47. The lowest BCUT2D eigenvalue weighted by atomic mass is 9.80. The summed E-state index contributed by atoms with van der Waals surface area (Å²) in [5, 5.41) is 11.6. The van der Waals surface area contributed by atoms with E-state index in [-0.39, 0.29) is 11.5 Å². The van der Waals surface area contributed by atoms with Crippen LogP contribution in [0.25, 0.3) is 16.7 Å². The van der Waals surface area contributed by atoms with E-state index >= 15 is 0 Å². The van der Waals surface area contributed by atoms with E-state index < -0.39 is 11.2 Å². The number of ketones is 1. The van der Waals surface area contributed by atoms with Crippen LogP contribution in [0.2, 0.25) is 5.02 Å². The number of ether oxygens (including phenoxy) is 1. The van der Waals surface area contributed by atoms with Crippen LogP contribution in [-0.2, 0) is 16.0 Å². The van der Waals surface area contributed by atoms with Crippen molar-refractivity contribution in [2.75, 3.05) is 0 Å². The fourth-order valence-electron chi connectivity index (χ4n) is 3.83. The summed E-state index contributed by atoms with van der Waals surface area (Å²) >= 11 is 6.48. The zero-order valence-corrected chi connectivity index (χ0v) is 18.1. The van der Waals surface area contributed by atoms with Gasteiger partial charge in [-0.25, -0.2) is 0 Å². The topological polar surface area (TPSA) is 46.5 Å². The summed E-state index contributed by atoms with van der Waals surface area (Å²) in [7, 11) is 0. The lowest BCUT2D eigenvalue weighted by molar-refractivity contribution is -0.158. The van der Waals surface area contributed by atoms with E-state index in [1.165, 1.54) is 0 Å². The monoisotopic (exact) mass is 398 g/mol. The first-order chi connectivity index (χ1) is 13.0. The maximum atomic E-state index is 13.2. The van der Waals surface area contributed by atoms with Gasteiger partial charge >= 0.3 is 0 Å². The number of carbonyl (C=O) groups is 1. The van der Waals surface area contributed by atoms with Gasteiger partial charge in [0, 0.05) is 10.6 Å². The Morgan fingerprint density at radius 2 is 1.68 bits per heavy atom. The molecule has 148 valence electrons. The number of hydrogen-bond donors (Lipinski definition) is 1. The standard InChI is InChI=1S/C24H27ClO3/c1-7-15-9-10-16(17-11-8-14(2)12-19(17)25)13-18(15)20-21(26)23(3,4)28-24(5,6)22(20)27/h8-13,26H,7H2,1-6H3. The molecule has 28 heavy (non-hydrogen) atoms. The largest absolute Gasteiger partial charge is 0.508 e. The second kappa shape index (κ2) is 7.06. The van der Waals surface area contributed by atoms with Gasteiger partial charge in [0.05, 0.1) is 5.57 Å². The van der Waals surface area contributed by atoms with E-state index in [1.807, 2.05) is 50.2 Å². The number of halogens is 1. The molecule has 0 bridgehead atoms. The van der Waals surface area contributed by atoms with Crippen molar-refractivity contribution in [1.82, 2.24) is 0 Å². The lowest BCUT2D eigenvalue weighted by Crippen LogP contribution is -2.49. The lowest BCUT2D eigenvalue weighted by Gasteiger charge is -2.40. The average Bonchev–Trinajstić information content (AvgIpc) is 2.60. The fraction of sp³-hybridized carbons (Fsp3) is 0.375. The first-order valence-corrected chi connectivity index (χ1v) is 9.94. The molecule has 0 spiro atoms. The van der Waals surface area contributed by atoms with Crippen LogP contribution in [0.15, 0.2) is 42.2 Å². The molecule has 0 aromatic heterocycles. The van der Waals surface area contributed by atoms with Gasteiger partial charge in [0.2, 0.25) is 0 Å². The van der Waals surface area contributed by atoms with Crippen molar-refractivity contribution in [2.45, 2.75) is 59.2 Å². The van der Waals surface area contributed by atoms with Crippen LogP contribution in [0.1, 0.15) is 51.3 Å². The number of hydrogen-bond acceptors (Lipinski definition) is 3. The molecule has 0 atom stereocenters. The van der Waals surface area contributed by atoms with Gasteiger partial charge in [-0.3, -0.25) is 4.79 Å². The molecule has 2 aromatic rings. The Bertz CT molecular complexity index is 983. The number of benzene rings is 2. The minimum Gasteiger partial charge on any atom is -0.508 e. The summed E-state index contributed by atoms with van der Waals surface area (Å²) in [6.07, 6.45) is 0.739. The molecule has 0 saturated carbocycles. The Balaban J connectivity index is 2.27. The van der Waals surface area contributed by atoms with Gasteiger partial charge in [0.25, 0.3) is 0 Å². The third-order valence-corrected chi connectivity index (χ3v) is 5.60. The van der Waals surface area contributed by atoms with Crippen molar-refractivity contribution < 1.29 is 14.6 Å². The van der Waals surface area contributed by atoms with E-state index in [2.05, 4.69) is 0 Å². The zero-order chi connectivity index (χ0) is 20.9. The van der Waals surface area contributed by atoms with Gasteiger partial charge in [0.1, 0.15) is 17.0 Å². The number of rotatable bonds is 3. The summed E-state index contributed by atoms with van der Waals surface area (Å²) < 4.78 is 5.88. The number of Topliss-reactive ketones (excluding diaryl/α,β-unsaturated/α-hetero) is 1. The Hall–Kier alpha value is -2.10.